The first kappa shape index (κ1) is 15.8. The highest BCUT2D eigenvalue weighted by molar-refractivity contribution is 5.94. The molecule has 0 spiro atoms. The second kappa shape index (κ2) is 6.03. The number of halogens is 4. The quantitative estimate of drug-likeness (QED) is 0.750. The minimum absolute atomic E-state index is 0.113. The van der Waals surface area contributed by atoms with Crippen LogP contribution in [0.4, 0.5) is 17.6 Å². The summed E-state index contributed by atoms with van der Waals surface area (Å²) in [6.07, 6.45) is -1.98. The van der Waals surface area contributed by atoms with Gasteiger partial charge in [0.2, 0.25) is 0 Å². The van der Waals surface area contributed by atoms with E-state index < -0.39 is 23.5 Å². The predicted octanol–water partition coefficient (Wildman–Crippen LogP) is 4.11. The van der Waals surface area contributed by atoms with Gasteiger partial charge < -0.3 is 4.90 Å². The molecule has 1 amide bonds. The van der Waals surface area contributed by atoms with Crippen molar-refractivity contribution in [2.75, 3.05) is 13.1 Å². The molecule has 0 bridgehead atoms. The van der Waals surface area contributed by atoms with E-state index in [-0.39, 0.29) is 5.56 Å². The molecule has 1 aromatic rings. The van der Waals surface area contributed by atoms with Crippen LogP contribution in [0.3, 0.4) is 0 Å². The standard InChI is InChI=1S/C15H17F4NO/c1-2-7-20(9-10-3-4-10)14(21)11-5-6-13(16)12(8-11)15(17,18)19/h5-6,8,10H,2-4,7,9H2,1H3. The molecule has 1 saturated carbocycles. The molecular weight excluding hydrogens is 286 g/mol. The Morgan fingerprint density at radius 2 is 2.00 bits per heavy atom. The van der Waals surface area contributed by atoms with E-state index in [9.17, 15) is 22.4 Å². The molecule has 0 saturated heterocycles. The van der Waals surface area contributed by atoms with Gasteiger partial charge in [-0.05, 0) is 43.4 Å². The van der Waals surface area contributed by atoms with Crippen molar-refractivity contribution in [2.45, 2.75) is 32.4 Å². The molecule has 0 radical (unpaired) electrons. The number of benzene rings is 1. The number of amides is 1. The fourth-order valence-electron chi connectivity index (χ4n) is 2.22. The number of nitrogens with zero attached hydrogens (tertiary/aromatic N) is 1. The van der Waals surface area contributed by atoms with Crippen molar-refractivity contribution in [3.05, 3.63) is 35.1 Å². The zero-order valence-electron chi connectivity index (χ0n) is 11.7. The fraction of sp³-hybridized carbons (Fsp3) is 0.533. The molecule has 1 aliphatic rings. The minimum Gasteiger partial charge on any atom is -0.338 e. The summed E-state index contributed by atoms with van der Waals surface area (Å²) in [5.41, 5.74) is -1.51. The van der Waals surface area contributed by atoms with Crippen molar-refractivity contribution < 1.29 is 22.4 Å². The number of hydrogen-bond acceptors (Lipinski definition) is 1. The SMILES string of the molecule is CCCN(CC1CC1)C(=O)c1ccc(F)c(C(F)(F)F)c1. The van der Waals surface area contributed by atoms with Crippen LogP contribution >= 0.6 is 0 Å². The molecule has 6 heteroatoms. The van der Waals surface area contributed by atoms with Gasteiger partial charge in [-0.1, -0.05) is 6.92 Å². The lowest BCUT2D eigenvalue weighted by Gasteiger charge is -2.22. The lowest BCUT2D eigenvalue weighted by molar-refractivity contribution is -0.140. The average molecular weight is 303 g/mol. The second-order valence-electron chi connectivity index (χ2n) is 5.39. The smallest absolute Gasteiger partial charge is 0.338 e. The van der Waals surface area contributed by atoms with Gasteiger partial charge in [0.05, 0.1) is 5.56 Å². The molecule has 0 atom stereocenters. The van der Waals surface area contributed by atoms with Crippen molar-refractivity contribution in [1.82, 2.24) is 4.90 Å². The molecule has 2 rings (SSSR count). The first-order valence-electron chi connectivity index (χ1n) is 6.99. The summed E-state index contributed by atoms with van der Waals surface area (Å²) < 4.78 is 51.3. The molecule has 21 heavy (non-hydrogen) atoms. The average Bonchev–Trinajstić information content (AvgIpc) is 3.20. The van der Waals surface area contributed by atoms with E-state index in [2.05, 4.69) is 0 Å². The van der Waals surface area contributed by atoms with Gasteiger partial charge in [-0.15, -0.1) is 0 Å². The molecule has 0 heterocycles. The van der Waals surface area contributed by atoms with Crippen molar-refractivity contribution in [3.63, 3.8) is 0 Å². The van der Waals surface area contributed by atoms with Crippen LogP contribution in [-0.4, -0.2) is 23.9 Å². The highest BCUT2D eigenvalue weighted by Gasteiger charge is 2.35. The Morgan fingerprint density at radius 1 is 1.33 bits per heavy atom. The zero-order chi connectivity index (χ0) is 15.6. The second-order valence-corrected chi connectivity index (χ2v) is 5.39. The van der Waals surface area contributed by atoms with Crippen LogP contribution in [-0.2, 0) is 6.18 Å². The van der Waals surface area contributed by atoms with Gasteiger partial charge in [-0.25, -0.2) is 4.39 Å². The summed E-state index contributed by atoms with van der Waals surface area (Å²) >= 11 is 0. The Bertz CT molecular complexity index is 523. The molecule has 0 aliphatic heterocycles. The van der Waals surface area contributed by atoms with Gasteiger partial charge in [-0.2, -0.15) is 13.2 Å². The number of rotatable bonds is 5. The van der Waals surface area contributed by atoms with Gasteiger partial charge in [0, 0.05) is 18.7 Å². The van der Waals surface area contributed by atoms with E-state index in [0.717, 1.165) is 25.3 Å². The Labute approximate surface area is 120 Å². The maximum absolute atomic E-state index is 13.3. The van der Waals surface area contributed by atoms with E-state index in [1.807, 2.05) is 6.92 Å². The van der Waals surface area contributed by atoms with Crippen LogP contribution in [0.5, 0.6) is 0 Å². The summed E-state index contributed by atoms with van der Waals surface area (Å²) in [6.45, 7) is 2.96. The van der Waals surface area contributed by atoms with Crippen molar-refractivity contribution in [3.8, 4) is 0 Å². The number of hydrogen-bond donors (Lipinski definition) is 0. The van der Waals surface area contributed by atoms with Crippen molar-refractivity contribution in [1.29, 1.82) is 0 Å². The Hall–Kier alpha value is -1.59. The van der Waals surface area contributed by atoms with E-state index in [0.29, 0.717) is 31.1 Å². The summed E-state index contributed by atoms with van der Waals surface area (Å²) in [5.74, 6) is -1.37. The number of carbonyl (C=O) groups is 1. The lowest BCUT2D eigenvalue weighted by Crippen LogP contribution is -2.33. The minimum atomic E-state index is -4.80. The van der Waals surface area contributed by atoms with Gasteiger partial charge in [0.25, 0.3) is 5.91 Å². The summed E-state index contributed by atoms with van der Waals surface area (Å²) in [4.78, 5) is 13.9. The topological polar surface area (TPSA) is 20.3 Å². The van der Waals surface area contributed by atoms with E-state index in [1.54, 1.807) is 4.90 Å². The summed E-state index contributed by atoms with van der Waals surface area (Å²) in [5, 5.41) is 0. The normalized spacial score (nSPS) is 15.1. The van der Waals surface area contributed by atoms with Crippen LogP contribution in [0.25, 0.3) is 0 Å². The molecular formula is C15H17F4NO. The lowest BCUT2D eigenvalue weighted by atomic mass is 10.1. The third-order valence-electron chi connectivity index (χ3n) is 3.47. The van der Waals surface area contributed by atoms with Crippen LogP contribution in [0.1, 0.15) is 42.1 Å². The van der Waals surface area contributed by atoms with Gasteiger partial charge in [-0.3, -0.25) is 4.79 Å². The van der Waals surface area contributed by atoms with Crippen LogP contribution in [0.2, 0.25) is 0 Å². The maximum Gasteiger partial charge on any atom is 0.419 e. The maximum atomic E-state index is 13.3. The molecule has 2 nitrogen and oxygen atoms in total. The fourth-order valence-corrected chi connectivity index (χ4v) is 2.22. The number of carbonyl (C=O) groups excluding carboxylic acids is 1. The molecule has 0 unspecified atom stereocenters. The Morgan fingerprint density at radius 3 is 2.52 bits per heavy atom. The summed E-state index contributed by atoms with van der Waals surface area (Å²) in [7, 11) is 0. The van der Waals surface area contributed by atoms with Crippen LogP contribution in [0.15, 0.2) is 18.2 Å². The van der Waals surface area contributed by atoms with Gasteiger partial charge in [0.1, 0.15) is 5.82 Å². The van der Waals surface area contributed by atoms with E-state index in [1.165, 1.54) is 0 Å². The monoisotopic (exact) mass is 303 g/mol. The molecule has 0 N–H and O–H groups in total. The Kier molecular flexibility index (Phi) is 4.54. The molecule has 0 aromatic heterocycles. The first-order valence-corrected chi connectivity index (χ1v) is 6.99. The van der Waals surface area contributed by atoms with Crippen LogP contribution in [0, 0.1) is 11.7 Å². The third kappa shape index (κ3) is 3.95. The van der Waals surface area contributed by atoms with Gasteiger partial charge in [0.15, 0.2) is 0 Å². The van der Waals surface area contributed by atoms with Crippen molar-refractivity contribution in [2.24, 2.45) is 5.92 Å². The Balaban J connectivity index is 2.24. The van der Waals surface area contributed by atoms with Crippen molar-refractivity contribution >= 4 is 5.91 Å². The molecule has 1 aliphatic carbocycles. The van der Waals surface area contributed by atoms with Crippen LogP contribution < -0.4 is 0 Å². The van der Waals surface area contributed by atoms with E-state index in [4.69, 9.17) is 0 Å². The predicted molar refractivity (Wildman–Crippen MR) is 70.3 cm³/mol. The van der Waals surface area contributed by atoms with Gasteiger partial charge >= 0.3 is 6.18 Å². The highest BCUT2D eigenvalue weighted by Crippen LogP contribution is 2.33. The highest BCUT2D eigenvalue weighted by atomic mass is 19.4. The molecule has 116 valence electrons. The first-order chi connectivity index (χ1) is 9.82. The summed E-state index contributed by atoms with van der Waals surface area (Å²) in [6, 6.07) is 2.42. The van der Waals surface area contributed by atoms with E-state index >= 15 is 0 Å². The molecule has 1 aromatic carbocycles. The number of alkyl halides is 3. The largest absolute Gasteiger partial charge is 0.419 e. The zero-order valence-corrected chi connectivity index (χ0v) is 11.7. The third-order valence-corrected chi connectivity index (χ3v) is 3.47. The molecule has 1 fully saturated rings.